The minimum absolute atomic E-state index is 0.833. The number of hydrogen-bond acceptors (Lipinski definition) is 2. The van der Waals surface area contributed by atoms with Gasteiger partial charge in [-0.2, -0.15) is 0 Å². The zero-order chi connectivity index (χ0) is 10.3. The molecule has 1 aliphatic carbocycles. The molecule has 2 N–H and O–H groups in total. The van der Waals surface area contributed by atoms with Gasteiger partial charge in [-0.1, -0.05) is 6.92 Å². The maximum atomic E-state index is 3.80. The summed E-state index contributed by atoms with van der Waals surface area (Å²) in [4.78, 5) is 0. The van der Waals surface area contributed by atoms with Crippen LogP contribution in [0.25, 0.3) is 0 Å². The predicted molar refractivity (Wildman–Crippen MR) is 62.9 cm³/mol. The van der Waals surface area contributed by atoms with Gasteiger partial charge in [0.2, 0.25) is 0 Å². The van der Waals surface area contributed by atoms with Crippen molar-refractivity contribution in [1.29, 1.82) is 0 Å². The Hall–Kier alpha value is -0.0800. The van der Waals surface area contributed by atoms with E-state index in [1.807, 2.05) is 0 Å². The van der Waals surface area contributed by atoms with Crippen LogP contribution in [-0.4, -0.2) is 24.7 Å². The number of rotatable bonds is 3. The zero-order valence-corrected chi connectivity index (χ0v) is 9.84. The average molecular weight is 208 g/mol. The normalized spacial score (nSPS) is 49.0. The van der Waals surface area contributed by atoms with Crippen molar-refractivity contribution in [3.05, 3.63) is 0 Å². The van der Waals surface area contributed by atoms with Crippen LogP contribution in [0.1, 0.15) is 45.4 Å². The van der Waals surface area contributed by atoms with Crippen LogP contribution < -0.4 is 10.6 Å². The molecular formula is C13H24N2. The first-order valence-electron chi connectivity index (χ1n) is 6.80. The van der Waals surface area contributed by atoms with Gasteiger partial charge >= 0.3 is 0 Å². The summed E-state index contributed by atoms with van der Waals surface area (Å²) in [5.41, 5.74) is 0. The molecule has 2 heterocycles. The van der Waals surface area contributed by atoms with Crippen LogP contribution in [0.3, 0.4) is 0 Å². The highest BCUT2D eigenvalue weighted by molar-refractivity contribution is 4.98. The maximum Gasteiger partial charge on any atom is 0.0111 e. The van der Waals surface area contributed by atoms with Crippen molar-refractivity contribution >= 4 is 0 Å². The Labute approximate surface area is 93.2 Å². The summed E-state index contributed by atoms with van der Waals surface area (Å²) in [6.07, 6.45) is 8.55. The van der Waals surface area contributed by atoms with Gasteiger partial charge in [0.25, 0.3) is 0 Å². The summed E-state index contributed by atoms with van der Waals surface area (Å²) in [6, 6.07) is 2.55. The van der Waals surface area contributed by atoms with Gasteiger partial charge in [-0.15, -0.1) is 0 Å². The third kappa shape index (κ3) is 2.07. The Balaban J connectivity index is 1.43. The van der Waals surface area contributed by atoms with Gasteiger partial charge in [0.05, 0.1) is 0 Å². The highest BCUT2D eigenvalue weighted by Gasteiger charge is 2.38. The summed E-state index contributed by atoms with van der Waals surface area (Å²) in [5, 5.41) is 7.52. The first kappa shape index (κ1) is 10.1. The molecule has 2 heteroatoms. The van der Waals surface area contributed by atoms with Crippen molar-refractivity contribution in [2.75, 3.05) is 6.54 Å². The molecule has 3 fully saturated rings. The highest BCUT2D eigenvalue weighted by Crippen LogP contribution is 2.33. The molecule has 0 radical (unpaired) electrons. The monoisotopic (exact) mass is 208 g/mol. The Morgan fingerprint density at radius 2 is 2.07 bits per heavy atom. The molecule has 5 atom stereocenters. The van der Waals surface area contributed by atoms with E-state index in [0.29, 0.717) is 0 Å². The lowest BCUT2D eigenvalue weighted by atomic mass is 9.89. The average Bonchev–Trinajstić information content (AvgIpc) is 2.90. The Bertz CT molecular complexity index is 229. The molecular weight excluding hydrogens is 184 g/mol. The fraction of sp³-hybridized carbons (Fsp3) is 1.00. The third-order valence-corrected chi connectivity index (χ3v) is 4.80. The smallest absolute Gasteiger partial charge is 0.0111 e. The third-order valence-electron chi connectivity index (χ3n) is 4.80. The van der Waals surface area contributed by atoms with Crippen molar-refractivity contribution < 1.29 is 0 Å². The van der Waals surface area contributed by atoms with E-state index in [9.17, 15) is 0 Å². The molecule has 0 amide bonds. The topological polar surface area (TPSA) is 24.1 Å². The van der Waals surface area contributed by atoms with Crippen molar-refractivity contribution in [2.45, 2.75) is 63.6 Å². The van der Waals surface area contributed by atoms with Gasteiger partial charge in [0.15, 0.2) is 0 Å². The molecule has 2 bridgehead atoms. The van der Waals surface area contributed by atoms with E-state index < -0.39 is 0 Å². The molecule has 86 valence electrons. The Morgan fingerprint density at radius 1 is 1.13 bits per heavy atom. The fourth-order valence-electron chi connectivity index (χ4n) is 3.87. The van der Waals surface area contributed by atoms with Crippen molar-refractivity contribution in [1.82, 2.24) is 10.6 Å². The molecule has 15 heavy (non-hydrogen) atoms. The minimum Gasteiger partial charge on any atom is -0.314 e. The van der Waals surface area contributed by atoms with E-state index >= 15 is 0 Å². The van der Waals surface area contributed by atoms with E-state index in [-0.39, 0.29) is 0 Å². The second-order valence-electron chi connectivity index (χ2n) is 6.07. The first-order valence-corrected chi connectivity index (χ1v) is 6.80. The minimum atomic E-state index is 0.833. The second-order valence-corrected chi connectivity index (χ2v) is 6.07. The molecule has 0 spiro atoms. The molecule has 2 nitrogen and oxygen atoms in total. The molecule has 3 aliphatic rings. The van der Waals surface area contributed by atoms with Crippen LogP contribution in [0.4, 0.5) is 0 Å². The molecule has 1 saturated carbocycles. The van der Waals surface area contributed by atoms with Gasteiger partial charge in [0.1, 0.15) is 0 Å². The van der Waals surface area contributed by atoms with Gasteiger partial charge in [-0.25, -0.2) is 0 Å². The zero-order valence-electron chi connectivity index (χ0n) is 9.84. The van der Waals surface area contributed by atoms with Gasteiger partial charge in [-0.3, -0.25) is 0 Å². The van der Waals surface area contributed by atoms with Crippen molar-refractivity contribution in [2.24, 2.45) is 11.8 Å². The summed E-state index contributed by atoms with van der Waals surface area (Å²) in [5.74, 6) is 1.89. The van der Waals surface area contributed by atoms with Crippen molar-refractivity contribution in [3.8, 4) is 0 Å². The molecule has 3 rings (SSSR count). The highest BCUT2D eigenvalue weighted by atomic mass is 15.1. The largest absolute Gasteiger partial charge is 0.314 e. The molecule has 5 unspecified atom stereocenters. The fourth-order valence-corrected chi connectivity index (χ4v) is 3.87. The maximum absolute atomic E-state index is 3.80. The lowest BCUT2D eigenvalue weighted by Gasteiger charge is -2.22. The summed E-state index contributed by atoms with van der Waals surface area (Å²) in [6.45, 7) is 3.66. The van der Waals surface area contributed by atoms with Crippen LogP contribution in [0.2, 0.25) is 0 Å². The lowest BCUT2D eigenvalue weighted by molar-refractivity contribution is 0.359. The van der Waals surface area contributed by atoms with Crippen LogP contribution in [0, 0.1) is 11.8 Å². The van der Waals surface area contributed by atoms with E-state index in [0.717, 1.165) is 30.0 Å². The van der Waals surface area contributed by atoms with Crippen LogP contribution in [-0.2, 0) is 0 Å². The quantitative estimate of drug-likeness (QED) is 0.740. The first-order chi connectivity index (χ1) is 7.31. The van der Waals surface area contributed by atoms with E-state index in [1.54, 1.807) is 0 Å². The second kappa shape index (κ2) is 4.06. The predicted octanol–water partition coefficient (Wildman–Crippen LogP) is 1.91. The summed E-state index contributed by atoms with van der Waals surface area (Å²) in [7, 11) is 0. The van der Waals surface area contributed by atoms with E-state index in [2.05, 4.69) is 17.6 Å². The number of hydrogen-bond donors (Lipinski definition) is 2. The van der Waals surface area contributed by atoms with Gasteiger partial charge < -0.3 is 10.6 Å². The van der Waals surface area contributed by atoms with Crippen molar-refractivity contribution in [3.63, 3.8) is 0 Å². The molecule has 2 saturated heterocycles. The summed E-state index contributed by atoms with van der Waals surface area (Å²) < 4.78 is 0. The molecule has 0 aromatic rings. The SMILES string of the molecule is CC1CCC(NCC2CC3CCC2N3)C1. The lowest BCUT2D eigenvalue weighted by Crippen LogP contribution is -2.36. The van der Waals surface area contributed by atoms with Gasteiger partial charge in [0, 0.05) is 18.1 Å². The Kier molecular flexibility index (Phi) is 2.73. The summed E-state index contributed by atoms with van der Waals surface area (Å²) >= 11 is 0. The van der Waals surface area contributed by atoms with Crippen LogP contribution in [0.15, 0.2) is 0 Å². The molecule has 0 aromatic carbocycles. The van der Waals surface area contributed by atoms with E-state index in [1.165, 1.54) is 45.1 Å². The number of fused-ring (bicyclic) bond motifs is 2. The number of nitrogens with one attached hydrogen (secondary N) is 2. The standard InChI is InChI=1S/C13H24N2/c1-9-2-3-11(6-9)14-8-10-7-12-4-5-13(10)15-12/h9-15H,2-8H2,1H3. The Morgan fingerprint density at radius 3 is 2.67 bits per heavy atom. The van der Waals surface area contributed by atoms with E-state index in [4.69, 9.17) is 0 Å². The molecule has 2 aliphatic heterocycles. The van der Waals surface area contributed by atoms with Crippen LogP contribution >= 0.6 is 0 Å². The molecule has 0 aromatic heterocycles. The van der Waals surface area contributed by atoms with Gasteiger partial charge in [-0.05, 0) is 56.9 Å². The van der Waals surface area contributed by atoms with Crippen LogP contribution in [0.5, 0.6) is 0 Å².